The van der Waals surface area contributed by atoms with Gasteiger partial charge in [-0.25, -0.2) is 9.97 Å². The normalized spacial score (nSPS) is 16.6. The Kier molecular flexibility index (Phi) is 3.66. The predicted molar refractivity (Wildman–Crippen MR) is 85.4 cm³/mol. The van der Waals surface area contributed by atoms with Crippen molar-refractivity contribution in [2.45, 2.75) is 33.1 Å². The van der Waals surface area contributed by atoms with Crippen molar-refractivity contribution in [2.75, 3.05) is 0 Å². The van der Waals surface area contributed by atoms with E-state index in [0.29, 0.717) is 18.4 Å². The lowest BCUT2D eigenvalue weighted by molar-refractivity contribution is 0.0909. The number of halogens is 1. The van der Waals surface area contributed by atoms with E-state index in [-0.39, 0.29) is 11.2 Å². The highest BCUT2D eigenvalue weighted by Gasteiger charge is 2.32. The fraction of sp³-hybridized carbons (Fsp3) is 0.353. The summed E-state index contributed by atoms with van der Waals surface area (Å²) < 4.78 is 1.06. The monoisotopic (exact) mass is 344 g/mol. The molecule has 108 valence electrons. The Morgan fingerprint density at radius 3 is 2.76 bits per heavy atom. The number of Topliss-reactive ketones (excluding diaryl/α,β-unsaturated/α-hetero) is 1. The van der Waals surface area contributed by atoms with E-state index < -0.39 is 0 Å². The van der Waals surface area contributed by atoms with Gasteiger partial charge in [0.15, 0.2) is 5.78 Å². The Bertz CT molecular complexity index is 710. The minimum Gasteiger partial charge on any atom is -0.294 e. The Balaban J connectivity index is 1.93. The summed E-state index contributed by atoms with van der Waals surface area (Å²) in [6.07, 6.45) is 3.78. The lowest BCUT2D eigenvalue weighted by Crippen LogP contribution is -2.28. The molecule has 0 saturated carbocycles. The zero-order valence-corrected chi connectivity index (χ0v) is 13.8. The van der Waals surface area contributed by atoms with Gasteiger partial charge in [-0.05, 0) is 23.5 Å². The molecule has 0 saturated heterocycles. The molecule has 3 nitrogen and oxygen atoms in total. The van der Waals surface area contributed by atoms with Gasteiger partial charge in [0.1, 0.15) is 5.82 Å². The number of hydrogen-bond acceptors (Lipinski definition) is 3. The number of ketones is 1. The molecule has 21 heavy (non-hydrogen) atoms. The first-order chi connectivity index (χ1) is 9.94. The van der Waals surface area contributed by atoms with Crippen LogP contribution in [0.3, 0.4) is 0 Å². The van der Waals surface area contributed by atoms with Crippen LogP contribution in [-0.4, -0.2) is 15.8 Å². The highest BCUT2D eigenvalue weighted by Crippen LogP contribution is 2.33. The van der Waals surface area contributed by atoms with Crippen LogP contribution >= 0.6 is 15.9 Å². The minimum atomic E-state index is -0.0109. The van der Waals surface area contributed by atoms with E-state index in [1.807, 2.05) is 18.2 Å². The average Bonchev–Trinajstić information content (AvgIpc) is 2.39. The van der Waals surface area contributed by atoms with Gasteiger partial charge in [-0.3, -0.25) is 4.79 Å². The molecular weight excluding hydrogens is 328 g/mol. The summed E-state index contributed by atoms with van der Waals surface area (Å²) >= 11 is 3.55. The zero-order chi connectivity index (χ0) is 15.0. The van der Waals surface area contributed by atoms with Crippen molar-refractivity contribution in [3.63, 3.8) is 0 Å². The fourth-order valence-electron chi connectivity index (χ4n) is 2.77. The number of rotatable bonds is 2. The lowest BCUT2D eigenvalue weighted by atomic mass is 9.76. The van der Waals surface area contributed by atoms with Crippen molar-refractivity contribution in [3.05, 3.63) is 57.6 Å². The van der Waals surface area contributed by atoms with E-state index >= 15 is 0 Å². The van der Waals surface area contributed by atoms with Crippen LogP contribution in [0.5, 0.6) is 0 Å². The van der Waals surface area contributed by atoms with Crippen molar-refractivity contribution in [2.24, 2.45) is 5.41 Å². The smallest absolute Gasteiger partial charge is 0.166 e. The van der Waals surface area contributed by atoms with Crippen LogP contribution in [0.1, 0.15) is 47.7 Å². The number of benzene rings is 1. The Labute approximate surface area is 133 Å². The summed E-state index contributed by atoms with van der Waals surface area (Å²) in [6.45, 7) is 4.23. The summed E-state index contributed by atoms with van der Waals surface area (Å²) in [5, 5.41) is 0. The second-order valence-corrected chi connectivity index (χ2v) is 7.21. The summed E-state index contributed by atoms with van der Waals surface area (Å²) in [7, 11) is 0. The van der Waals surface area contributed by atoms with Crippen molar-refractivity contribution in [3.8, 4) is 0 Å². The summed E-state index contributed by atoms with van der Waals surface area (Å²) in [5.74, 6) is 0.930. The molecule has 1 aromatic heterocycles. The largest absolute Gasteiger partial charge is 0.294 e. The van der Waals surface area contributed by atoms with Crippen molar-refractivity contribution in [1.29, 1.82) is 0 Å². The molecule has 0 spiro atoms. The molecule has 0 atom stereocenters. The maximum atomic E-state index is 12.1. The second-order valence-electron chi connectivity index (χ2n) is 6.36. The second kappa shape index (κ2) is 5.34. The molecule has 3 rings (SSSR count). The van der Waals surface area contributed by atoms with Crippen LogP contribution in [0.15, 0.2) is 34.9 Å². The molecule has 2 aromatic rings. The van der Waals surface area contributed by atoms with Gasteiger partial charge in [0.25, 0.3) is 0 Å². The van der Waals surface area contributed by atoms with Gasteiger partial charge < -0.3 is 0 Å². The molecule has 0 fully saturated rings. The van der Waals surface area contributed by atoms with Crippen LogP contribution in [-0.2, 0) is 12.8 Å². The Morgan fingerprint density at radius 1 is 1.24 bits per heavy atom. The maximum absolute atomic E-state index is 12.1. The summed E-state index contributed by atoms with van der Waals surface area (Å²) in [5.41, 5.74) is 2.74. The molecule has 1 aliphatic rings. The summed E-state index contributed by atoms with van der Waals surface area (Å²) in [6, 6.07) is 8.07. The van der Waals surface area contributed by atoms with Crippen LogP contribution in [0, 0.1) is 5.41 Å². The first-order valence-electron chi connectivity index (χ1n) is 7.06. The molecule has 0 aliphatic heterocycles. The highest BCUT2D eigenvalue weighted by atomic mass is 79.9. The Morgan fingerprint density at radius 2 is 2.00 bits per heavy atom. The van der Waals surface area contributed by atoms with E-state index in [1.165, 1.54) is 0 Å². The quantitative estimate of drug-likeness (QED) is 0.827. The van der Waals surface area contributed by atoms with Gasteiger partial charge in [-0.2, -0.15) is 0 Å². The molecular formula is C17H17BrN2O. The van der Waals surface area contributed by atoms with Crippen LogP contribution in [0.4, 0.5) is 0 Å². The van der Waals surface area contributed by atoms with Crippen LogP contribution < -0.4 is 0 Å². The lowest BCUT2D eigenvalue weighted by Gasteiger charge is -2.29. The van der Waals surface area contributed by atoms with Crippen molar-refractivity contribution in [1.82, 2.24) is 9.97 Å². The maximum Gasteiger partial charge on any atom is 0.166 e. The molecule has 1 aromatic carbocycles. The Hall–Kier alpha value is -1.55. The molecule has 0 bridgehead atoms. The number of nitrogens with zero attached hydrogens (tertiary/aromatic N) is 2. The SMILES string of the molecule is CC1(C)CC(=O)c2cnc(Cc3ccccc3Br)nc2C1. The van der Waals surface area contributed by atoms with Crippen molar-refractivity contribution >= 4 is 21.7 Å². The van der Waals surface area contributed by atoms with E-state index in [9.17, 15) is 4.79 Å². The molecule has 1 heterocycles. The number of fused-ring (bicyclic) bond motifs is 1. The van der Waals surface area contributed by atoms with E-state index in [2.05, 4.69) is 45.8 Å². The van der Waals surface area contributed by atoms with Crippen molar-refractivity contribution < 1.29 is 4.79 Å². The number of hydrogen-bond donors (Lipinski definition) is 0. The highest BCUT2D eigenvalue weighted by molar-refractivity contribution is 9.10. The first-order valence-corrected chi connectivity index (χ1v) is 7.85. The first kappa shape index (κ1) is 14.4. The van der Waals surface area contributed by atoms with Gasteiger partial charge in [-0.15, -0.1) is 0 Å². The summed E-state index contributed by atoms with van der Waals surface area (Å²) in [4.78, 5) is 21.2. The average molecular weight is 345 g/mol. The van der Waals surface area contributed by atoms with Gasteiger partial charge in [0.05, 0.1) is 11.3 Å². The third-order valence-electron chi connectivity index (χ3n) is 3.81. The van der Waals surface area contributed by atoms with Crippen LogP contribution in [0.25, 0.3) is 0 Å². The van der Waals surface area contributed by atoms with Gasteiger partial charge in [-0.1, -0.05) is 48.0 Å². The number of carbonyl (C=O) groups excluding carboxylic acids is 1. The van der Waals surface area contributed by atoms with Crippen LogP contribution in [0.2, 0.25) is 0 Å². The van der Waals surface area contributed by atoms with E-state index in [4.69, 9.17) is 0 Å². The number of carbonyl (C=O) groups is 1. The third kappa shape index (κ3) is 3.05. The topological polar surface area (TPSA) is 42.9 Å². The van der Waals surface area contributed by atoms with E-state index in [0.717, 1.165) is 28.0 Å². The molecule has 0 unspecified atom stereocenters. The predicted octanol–water partition coefficient (Wildman–Crippen LogP) is 3.99. The molecule has 1 aliphatic carbocycles. The molecule has 4 heteroatoms. The van der Waals surface area contributed by atoms with Gasteiger partial charge >= 0.3 is 0 Å². The molecule has 0 amide bonds. The standard InChI is InChI=1S/C17H17BrN2O/c1-17(2)8-14-12(15(21)9-17)10-19-16(20-14)7-11-5-3-4-6-13(11)18/h3-6,10H,7-9H2,1-2H3. The molecule has 0 N–H and O–H groups in total. The number of aromatic nitrogens is 2. The molecule has 0 radical (unpaired) electrons. The fourth-order valence-corrected chi connectivity index (χ4v) is 3.19. The zero-order valence-electron chi connectivity index (χ0n) is 12.2. The minimum absolute atomic E-state index is 0.0109. The van der Waals surface area contributed by atoms with Gasteiger partial charge in [0, 0.05) is 23.5 Å². The van der Waals surface area contributed by atoms with E-state index in [1.54, 1.807) is 6.20 Å². The van der Waals surface area contributed by atoms with Gasteiger partial charge in [0.2, 0.25) is 0 Å². The third-order valence-corrected chi connectivity index (χ3v) is 4.58.